The predicted octanol–water partition coefficient (Wildman–Crippen LogP) is 4.28. The maximum Gasteiger partial charge on any atom is 0.176 e. The van der Waals surface area contributed by atoms with Crippen LogP contribution in [0.1, 0.15) is 31.7 Å². The van der Waals surface area contributed by atoms with Gasteiger partial charge in [0.25, 0.3) is 0 Å². The molecule has 0 saturated heterocycles. The van der Waals surface area contributed by atoms with Crippen molar-refractivity contribution in [2.45, 2.75) is 26.2 Å². The number of rotatable bonds is 5. The predicted molar refractivity (Wildman–Crippen MR) is 111 cm³/mol. The average molecular weight is 341 g/mol. The maximum absolute atomic E-state index is 2.50. The minimum atomic E-state index is -2.11. The summed E-state index contributed by atoms with van der Waals surface area (Å²) in [4.78, 5) is 0. The fourth-order valence-electron chi connectivity index (χ4n) is 4.28. The third-order valence-electron chi connectivity index (χ3n) is 5.39. The molecule has 3 aromatic carbocycles. The van der Waals surface area contributed by atoms with Crippen LogP contribution < -0.4 is 15.6 Å². The monoisotopic (exact) mass is 340 g/mol. The topological polar surface area (TPSA) is 0 Å². The lowest BCUT2D eigenvalue weighted by Crippen LogP contribution is -2.67. The smallest absolute Gasteiger partial charge is 0.0668 e. The molecule has 4 rings (SSSR count). The van der Waals surface area contributed by atoms with Crippen LogP contribution in [0.25, 0.3) is 6.08 Å². The Hall–Kier alpha value is -2.38. The van der Waals surface area contributed by atoms with Crippen molar-refractivity contribution < 1.29 is 0 Å². The van der Waals surface area contributed by atoms with Gasteiger partial charge in [0.15, 0.2) is 8.07 Å². The molecule has 0 fully saturated rings. The van der Waals surface area contributed by atoms with Gasteiger partial charge in [0.1, 0.15) is 0 Å². The Kier molecular flexibility index (Phi) is 4.41. The Morgan fingerprint density at radius 1 is 0.680 bits per heavy atom. The Balaban J connectivity index is 2.03. The van der Waals surface area contributed by atoms with Crippen molar-refractivity contribution in [3.8, 4) is 0 Å². The molecule has 1 aliphatic rings. The summed E-state index contributed by atoms with van der Waals surface area (Å²) in [5, 5.41) is 6.23. The standard InChI is InChI=1S/C24H24Si/c1-2-3-13-23-19-20-12-10-11-18-24(20)25(23,21-14-6-4-7-15-21)22-16-8-5-9-17-22/h4-12,14-19H,2-3,13H2,1H3. The van der Waals surface area contributed by atoms with E-state index in [2.05, 4.69) is 97.9 Å². The average Bonchev–Trinajstić information content (AvgIpc) is 3.02. The molecule has 0 amide bonds. The van der Waals surface area contributed by atoms with Gasteiger partial charge < -0.3 is 0 Å². The van der Waals surface area contributed by atoms with Crippen LogP contribution in [-0.4, -0.2) is 8.07 Å². The van der Waals surface area contributed by atoms with E-state index in [-0.39, 0.29) is 0 Å². The van der Waals surface area contributed by atoms with Crippen LogP contribution in [0.4, 0.5) is 0 Å². The third kappa shape index (κ3) is 2.60. The van der Waals surface area contributed by atoms with Gasteiger partial charge in [0.05, 0.1) is 0 Å². The first-order valence-electron chi connectivity index (χ1n) is 9.29. The summed E-state index contributed by atoms with van der Waals surface area (Å²) in [6, 6.07) is 31.5. The second kappa shape index (κ2) is 6.85. The van der Waals surface area contributed by atoms with Crippen LogP contribution in [0.3, 0.4) is 0 Å². The molecule has 0 N–H and O–H groups in total. The molecule has 0 nitrogen and oxygen atoms in total. The summed E-state index contributed by atoms with van der Waals surface area (Å²) < 4.78 is 0. The molecule has 0 spiro atoms. The third-order valence-corrected chi connectivity index (χ3v) is 10.4. The van der Waals surface area contributed by atoms with Gasteiger partial charge in [-0.05, 0) is 27.5 Å². The van der Waals surface area contributed by atoms with Crippen LogP contribution in [0.15, 0.2) is 90.1 Å². The molecular formula is C24H24Si. The number of allylic oxidation sites excluding steroid dienone is 1. The Morgan fingerprint density at radius 2 is 1.24 bits per heavy atom. The van der Waals surface area contributed by atoms with Gasteiger partial charge in [-0.3, -0.25) is 0 Å². The van der Waals surface area contributed by atoms with Crippen LogP contribution in [-0.2, 0) is 0 Å². The van der Waals surface area contributed by atoms with E-state index >= 15 is 0 Å². The SMILES string of the molecule is CCCCC1=Cc2ccccc2[Si]1(c1ccccc1)c1ccccc1. The van der Waals surface area contributed by atoms with E-state index in [1.807, 2.05) is 0 Å². The van der Waals surface area contributed by atoms with Crippen molar-refractivity contribution in [3.63, 3.8) is 0 Å². The normalized spacial score (nSPS) is 14.8. The minimum Gasteiger partial charge on any atom is -0.0668 e. The van der Waals surface area contributed by atoms with Gasteiger partial charge in [-0.15, -0.1) is 0 Å². The summed E-state index contributed by atoms with van der Waals surface area (Å²) in [6.07, 6.45) is 6.19. The van der Waals surface area contributed by atoms with E-state index in [0.717, 1.165) is 0 Å². The van der Waals surface area contributed by atoms with E-state index in [1.54, 1.807) is 10.4 Å². The fraction of sp³-hybridized carbons (Fsp3) is 0.167. The maximum atomic E-state index is 2.50. The van der Waals surface area contributed by atoms with E-state index in [9.17, 15) is 0 Å². The van der Waals surface area contributed by atoms with Crippen LogP contribution in [0, 0.1) is 0 Å². The highest BCUT2D eigenvalue weighted by Crippen LogP contribution is 2.30. The van der Waals surface area contributed by atoms with Gasteiger partial charge >= 0.3 is 0 Å². The summed E-state index contributed by atoms with van der Waals surface area (Å²) in [5.41, 5.74) is 1.42. The molecule has 0 aliphatic carbocycles. The lowest BCUT2D eigenvalue weighted by Gasteiger charge is -2.33. The summed E-state index contributed by atoms with van der Waals surface area (Å²) >= 11 is 0. The van der Waals surface area contributed by atoms with E-state index in [4.69, 9.17) is 0 Å². The Bertz CT molecular complexity index is 839. The summed E-state index contributed by atoms with van der Waals surface area (Å²) in [6.45, 7) is 2.29. The van der Waals surface area contributed by atoms with Crippen LogP contribution in [0.5, 0.6) is 0 Å². The molecule has 1 aliphatic heterocycles. The molecule has 0 atom stereocenters. The summed E-state index contributed by atoms with van der Waals surface area (Å²) in [5.74, 6) is 0. The number of benzene rings is 3. The van der Waals surface area contributed by atoms with Crippen molar-refractivity contribution in [2.75, 3.05) is 0 Å². The van der Waals surface area contributed by atoms with Crippen molar-refractivity contribution >= 4 is 29.7 Å². The van der Waals surface area contributed by atoms with Crippen LogP contribution >= 0.6 is 0 Å². The number of unbranched alkanes of at least 4 members (excludes halogenated alkanes) is 1. The van der Waals surface area contributed by atoms with Gasteiger partial charge in [-0.2, -0.15) is 0 Å². The first-order chi connectivity index (χ1) is 12.4. The molecule has 0 bridgehead atoms. The van der Waals surface area contributed by atoms with E-state index in [0.29, 0.717) is 0 Å². The molecule has 0 unspecified atom stereocenters. The minimum absolute atomic E-state index is 1.20. The molecule has 0 saturated carbocycles. The molecule has 1 heterocycles. The van der Waals surface area contributed by atoms with Crippen molar-refractivity contribution in [1.29, 1.82) is 0 Å². The number of fused-ring (bicyclic) bond motifs is 1. The fourth-order valence-corrected chi connectivity index (χ4v) is 9.57. The second-order valence-corrected chi connectivity index (χ2v) is 10.7. The lowest BCUT2D eigenvalue weighted by molar-refractivity contribution is 0.807. The Morgan fingerprint density at radius 3 is 1.84 bits per heavy atom. The van der Waals surface area contributed by atoms with Crippen molar-refractivity contribution in [1.82, 2.24) is 0 Å². The lowest BCUT2D eigenvalue weighted by atomic mass is 10.2. The molecular weight excluding hydrogens is 316 g/mol. The molecule has 0 aromatic heterocycles. The number of hydrogen-bond donors (Lipinski definition) is 0. The molecule has 3 aromatic rings. The van der Waals surface area contributed by atoms with Gasteiger partial charge in [0.2, 0.25) is 0 Å². The molecule has 0 radical (unpaired) electrons. The highest BCUT2D eigenvalue weighted by atomic mass is 28.3. The number of hydrogen-bond acceptors (Lipinski definition) is 0. The highest BCUT2D eigenvalue weighted by molar-refractivity contribution is 7.17. The van der Waals surface area contributed by atoms with E-state index in [1.165, 1.54) is 35.2 Å². The van der Waals surface area contributed by atoms with Crippen LogP contribution in [0.2, 0.25) is 0 Å². The Labute approximate surface area is 151 Å². The largest absolute Gasteiger partial charge is 0.176 e. The van der Waals surface area contributed by atoms with Crippen molar-refractivity contribution in [3.05, 3.63) is 95.7 Å². The zero-order valence-electron chi connectivity index (χ0n) is 14.8. The zero-order chi connectivity index (χ0) is 17.1. The highest BCUT2D eigenvalue weighted by Gasteiger charge is 2.46. The van der Waals surface area contributed by atoms with Crippen molar-refractivity contribution in [2.24, 2.45) is 0 Å². The van der Waals surface area contributed by atoms with E-state index < -0.39 is 8.07 Å². The molecule has 1 heteroatoms. The quantitative estimate of drug-likeness (QED) is 0.608. The zero-order valence-corrected chi connectivity index (χ0v) is 15.8. The van der Waals surface area contributed by atoms with Gasteiger partial charge in [-0.25, -0.2) is 0 Å². The first-order valence-corrected chi connectivity index (χ1v) is 11.3. The molecule has 124 valence electrons. The molecule has 25 heavy (non-hydrogen) atoms. The summed E-state index contributed by atoms with van der Waals surface area (Å²) in [7, 11) is -2.11. The van der Waals surface area contributed by atoms with Gasteiger partial charge in [-0.1, -0.05) is 116 Å². The second-order valence-electron chi connectivity index (χ2n) is 6.84. The first kappa shape index (κ1) is 16.1. The van der Waals surface area contributed by atoms with Gasteiger partial charge in [0, 0.05) is 0 Å².